The molecule has 2 heteroatoms. The van der Waals surface area contributed by atoms with Crippen LogP contribution in [0.5, 0.6) is 5.75 Å². The summed E-state index contributed by atoms with van der Waals surface area (Å²) < 4.78 is 5.65. The van der Waals surface area contributed by atoms with Gasteiger partial charge in [0.1, 0.15) is 12.4 Å². The van der Waals surface area contributed by atoms with E-state index in [1.807, 2.05) is 12.1 Å². The molecule has 0 saturated carbocycles. The molecule has 0 aromatic heterocycles. The molecule has 0 heterocycles. The zero-order valence-electron chi connectivity index (χ0n) is 9.86. The van der Waals surface area contributed by atoms with E-state index in [0.717, 1.165) is 12.2 Å². The van der Waals surface area contributed by atoms with Gasteiger partial charge in [-0.2, -0.15) is 0 Å². The van der Waals surface area contributed by atoms with E-state index >= 15 is 0 Å². The molecule has 0 fully saturated rings. The van der Waals surface area contributed by atoms with Crippen LogP contribution >= 0.6 is 0 Å². The highest BCUT2D eigenvalue weighted by molar-refractivity contribution is 5.28. The predicted octanol–water partition coefficient (Wildman–Crippen LogP) is 2.61. The second-order valence-corrected chi connectivity index (χ2v) is 4.22. The molecule has 0 aliphatic heterocycles. The van der Waals surface area contributed by atoms with Crippen LogP contribution in [0.2, 0.25) is 0 Å². The van der Waals surface area contributed by atoms with Gasteiger partial charge in [-0.25, -0.2) is 0 Å². The Morgan fingerprint density at radius 2 is 2.07 bits per heavy atom. The van der Waals surface area contributed by atoms with Crippen LogP contribution in [-0.2, 0) is 6.42 Å². The van der Waals surface area contributed by atoms with Crippen LogP contribution in [0.3, 0.4) is 0 Å². The predicted molar refractivity (Wildman–Crippen MR) is 64.1 cm³/mol. The van der Waals surface area contributed by atoms with E-state index in [-0.39, 0.29) is 6.04 Å². The lowest BCUT2D eigenvalue weighted by molar-refractivity contribution is 0.259. The number of hydrogen-bond donors (Lipinski definition) is 1. The maximum absolute atomic E-state index is 5.91. The first-order valence-corrected chi connectivity index (χ1v) is 5.60. The Morgan fingerprint density at radius 1 is 1.33 bits per heavy atom. The Bertz CT molecular complexity index is 296. The number of rotatable bonds is 5. The van der Waals surface area contributed by atoms with Crippen LogP contribution in [0.15, 0.2) is 24.3 Å². The van der Waals surface area contributed by atoms with Crippen LogP contribution in [0.1, 0.15) is 26.3 Å². The summed E-state index contributed by atoms with van der Waals surface area (Å²) in [6.45, 7) is 6.94. The summed E-state index contributed by atoms with van der Waals surface area (Å²) in [5.41, 5.74) is 7.21. The van der Waals surface area contributed by atoms with Gasteiger partial charge in [-0.05, 0) is 30.0 Å². The first kappa shape index (κ1) is 12.1. The minimum absolute atomic E-state index is 0.107. The maximum atomic E-state index is 5.91. The van der Waals surface area contributed by atoms with Gasteiger partial charge in [0.05, 0.1) is 0 Å². The molecule has 0 aliphatic rings. The molecule has 0 bridgehead atoms. The minimum Gasteiger partial charge on any atom is -0.492 e. The van der Waals surface area contributed by atoms with Gasteiger partial charge in [-0.15, -0.1) is 0 Å². The SMILES string of the molecule is CCc1cccc(OC[C@@H](N)C(C)C)c1. The molecule has 0 unspecified atom stereocenters. The number of nitrogens with two attached hydrogens (primary N) is 1. The quantitative estimate of drug-likeness (QED) is 0.805. The number of benzene rings is 1. The highest BCUT2D eigenvalue weighted by atomic mass is 16.5. The molecule has 2 nitrogen and oxygen atoms in total. The van der Waals surface area contributed by atoms with Crippen molar-refractivity contribution in [1.82, 2.24) is 0 Å². The van der Waals surface area contributed by atoms with Crippen molar-refractivity contribution in [3.05, 3.63) is 29.8 Å². The second-order valence-electron chi connectivity index (χ2n) is 4.22. The van der Waals surface area contributed by atoms with Crippen molar-refractivity contribution in [3.8, 4) is 5.75 Å². The Labute approximate surface area is 92.4 Å². The summed E-state index contributed by atoms with van der Waals surface area (Å²) in [6.07, 6.45) is 1.04. The van der Waals surface area contributed by atoms with E-state index < -0.39 is 0 Å². The van der Waals surface area contributed by atoms with Crippen molar-refractivity contribution < 1.29 is 4.74 Å². The number of ether oxygens (including phenoxy) is 1. The summed E-state index contributed by atoms with van der Waals surface area (Å²) in [5, 5.41) is 0. The third kappa shape index (κ3) is 3.92. The highest BCUT2D eigenvalue weighted by Gasteiger charge is 2.07. The van der Waals surface area contributed by atoms with Crippen molar-refractivity contribution in [3.63, 3.8) is 0 Å². The molecular formula is C13H21NO. The molecule has 84 valence electrons. The first-order chi connectivity index (χ1) is 7.13. The Morgan fingerprint density at radius 3 is 2.67 bits per heavy atom. The van der Waals surface area contributed by atoms with Gasteiger partial charge in [-0.3, -0.25) is 0 Å². The molecule has 0 aliphatic carbocycles. The van der Waals surface area contributed by atoms with Crippen molar-refractivity contribution in [2.75, 3.05) is 6.61 Å². The fourth-order valence-corrected chi connectivity index (χ4v) is 1.24. The first-order valence-electron chi connectivity index (χ1n) is 5.60. The standard InChI is InChI=1S/C13H21NO/c1-4-11-6-5-7-12(8-11)15-9-13(14)10(2)3/h5-8,10,13H,4,9,14H2,1-3H3/t13-/m1/s1. The van der Waals surface area contributed by atoms with Gasteiger partial charge < -0.3 is 10.5 Å². The lowest BCUT2D eigenvalue weighted by Gasteiger charge is -2.16. The summed E-state index contributed by atoms with van der Waals surface area (Å²) in [4.78, 5) is 0. The number of hydrogen-bond acceptors (Lipinski definition) is 2. The fraction of sp³-hybridized carbons (Fsp3) is 0.538. The molecule has 0 radical (unpaired) electrons. The molecule has 1 aromatic rings. The van der Waals surface area contributed by atoms with Gasteiger partial charge in [0.15, 0.2) is 0 Å². The van der Waals surface area contributed by atoms with Crippen molar-refractivity contribution >= 4 is 0 Å². The molecule has 15 heavy (non-hydrogen) atoms. The summed E-state index contributed by atoms with van der Waals surface area (Å²) in [5.74, 6) is 1.38. The van der Waals surface area contributed by atoms with Crippen LogP contribution in [0.4, 0.5) is 0 Å². The van der Waals surface area contributed by atoms with Gasteiger partial charge in [0, 0.05) is 6.04 Å². The van der Waals surface area contributed by atoms with Gasteiger partial charge in [0.25, 0.3) is 0 Å². The second kappa shape index (κ2) is 5.76. The molecule has 0 amide bonds. The summed E-state index contributed by atoms with van der Waals surface area (Å²) in [6, 6.07) is 8.29. The van der Waals surface area contributed by atoms with Crippen LogP contribution in [0, 0.1) is 5.92 Å². The molecule has 0 saturated heterocycles. The summed E-state index contributed by atoms with van der Waals surface area (Å²) >= 11 is 0. The molecule has 1 aromatic carbocycles. The molecule has 1 rings (SSSR count). The largest absolute Gasteiger partial charge is 0.492 e. The van der Waals surface area contributed by atoms with E-state index in [4.69, 9.17) is 10.5 Å². The van der Waals surface area contributed by atoms with Crippen LogP contribution < -0.4 is 10.5 Å². The van der Waals surface area contributed by atoms with E-state index in [1.54, 1.807) is 0 Å². The van der Waals surface area contributed by atoms with Gasteiger partial charge in [0.2, 0.25) is 0 Å². The Balaban J connectivity index is 2.50. The van der Waals surface area contributed by atoms with Gasteiger partial charge in [-0.1, -0.05) is 32.9 Å². The molecule has 1 atom stereocenters. The topological polar surface area (TPSA) is 35.2 Å². The van der Waals surface area contributed by atoms with Crippen molar-refractivity contribution in [2.45, 2.75) is 33.2 Å². The molecule has 2 N–H and O–H groups in total. The zero-order valence-corrected chi connectivity index (χ0v) is 9.86. The maximum Gasteiger partial charge on any atom is 0.119 e. The Kier molecular flexibility index (Phi) is 4.63. The smallest absolute Gasteiger partial charge is 0.119 e. The average Bonchev–Trinajstić information content (AvgIpc) is 2.26. The van der Waals surface area contributed by atoms with E-state index in [9.17, 15) is 0 Å². The van der Waals surface area contributed by atoms with Crippen molar-refractivity contribution in [1.29, 1.82) is 0 Å². The van der Waals surface area contributed by atoms with E-state index in [0.29, 0.717) is 12.5 Å². The average molecular weight is 207 g/mol. The number of aryl methyl sites for hydroxylation is 1. The zero-order chi connectivity index (χ0) is 11.3. The molecule has 0 spiro atoms. The van der Waals surface area contributed by atoms with E-state index in [2.05, 4.69) is 32.9 Å². The van der Waals surface area contributed by atoms with Crippen molar-refractivity contribution in [2.24, 2.45) is 11.7 Å². The summed E-state index contributed by atoms with van der Waals surface area (Å²) in [7, 11) is 0. The van der Waals surface area contributed by atoms with Crippen LogP contribution in [0.25, 0.3) is 0 Å². The fourth-order valence-electron chi connectivity index (χ4n) is 1.24. The van der Waals surface area contributed by atoms with Gasteiger partial charge >= 0.3 is 0 Å². The molecular weight excluding hydrogens is 186 g/mol. The lowest BCUT2D eigenvalue weighted by Crippen LogP contribution is -2.32. The van der Waals surface area contributed by atoms with E-state index in [1.165, 1.54) is 5.56 Å². The minimum atomic E-state index is 0.107. The van der Waals surface area contributed by atoms with Crippen LogP contribution in [-0.4, -0.2) is 12.6 Å². The normalized spacial score (nSPS) is 12.9. The lowest BCUT2D eigenvalue weighted by atomic mass is 10.1. The third-order valence-corrected chi connectivity index (χ3v) is 2.61. The third-order valence-electron chi connectivity index (χ3n) is 2.61. The highest BCUT2D eigenvalue weighted by Crippen LogP contribution is 2.14. The monoisotopic (exact) mass is 207 g/mol. The Hall–Kier alpha value is -1.02.